The number of hydrogen-bond acceptors (Lipinski definition) is 6. The highest BCUT2D eigenvalue weighted by molar-refractivity contribution is 5.95. The van der Waals surface area contributed by atoms with E-state index in [-0.39, 0.29) is 25.2 Å². The molecule has 142 valence electrons. The van der Waals surface area contributed by atoms with Gasteiger partial charge in [0.05, 0.1) is 12.6 Å². The minimum atomic E-state index is -0.750. The first-order chi connectivity index (χ1) is 13.0. The number of carbonyl (C=O) groups excluding carboxylic acids is 3. The normalized spacial score (nSPS) is 10.1. The first-order valence-electron chi connectivity index (χ1n) is 8.02. The van der Waals surface area contributed by atoms with Gasteiger partial charge in [-0.05, 0) is 24.3 Å². The molecular weight excluding hydrogens is 357 g/mol. The number of nitrogens with zero attached hydrogens (tertiary/aromatic N) is 1. The zero-order valence-corrected chi connectivity index (χ0v) is 14.4. The lowest BCUT2D eigenvalue weighted by atomic mass is 10.2. The number of rotatable bonds is 8. The van der Waals surface area contributed by atoms with E-state index in [9.17, 15) is 18.8 Å². The van der Waals surface area contributed by atoms with Crippen molar-refractivity contribution in [2.75, 3.05) is 13.2 Å². The lowest BCUT2D eigenvalue weighted by Gasteiger charge is -2.05. The molecule has 1 aromatic heterocycles. The summed E-state index contributed by atoms with van der Waals surface area (Å²) in [6.45, 7) is 3.04. The number of nitrogens with one attached hydrogen (secondary N) is 2. The van der Waals surface area contributed by atoms with Crippen molar-refractivity contribution in [3.63, 3.8) is 0 Å². The van der Waals surface area contributed by atoms with Crippen LogP contribution in [-0.4, -0.2) is 36.0 Å². The second kappa shape index (κ2) is 9.85. The Labute approximate surface area is 154 Å². The predicted molar refractivity (Wildman–Crippen MR) is 92.9 cm³/mol. The number of benzene rings is 1. The van der Waals surface area contributed by atoms with Crippen molar-refractivity contribution >= 4 is 17.9 Å². The van der Waals surface area contributed by atoms with Gasteiger partial charge in [0.25, 0.3) is 5.91 Å². The van der Waals surface area contributed by atoms with Crippen LogP contribution in [0.15, 0.2) is 47.5 Å². The second-order valence-corrected chi connectivity index (χ2v) is 5.33. The van der Waals surface area contributed by atoms with Crippen LogP contribution < -0.4 is 10.6 Å². The summed E-state index contributed by atoms with van der Waals surface area (Å²) in [7, 11) is 0. The van der Waals surface area contributed by atoms with Crippen LogP contribution in [0.3, 0.4) is 0 Å². The third-order valence-electron chi connectivity index (χ3n) is 3.25. The maximum Gasteiger partial charge on any atom is 0.321 e. The monoisotopic (exact) mass is 375 g/mol. The molecule has 2 rings (SSSR count). The molecule has 0 spiro atoms. The summed E-state index contributed by atoms with van der Waals surface area (Å²) in [6.07, 6.45) is 3.04. The molecule has 0 aliphatic rings. The summed E-state index contributed by atoms with van der Waals surface area (Å²) in [6, 6.07) is 5.01. The number of oxazole rings is 1. The number of aryl methyl sites for hydroxylation is 1. The van der Waals surface area contributed by atoms with Crippen molar-refractivity contribution in [2.24, 2.45) is 0 Å². The third-order valence-corrected chi connectivity index (χ3v) is 3.25. The molecule has 0 aliphatic carbocycles. The van der Waals surface area contributed by atoms with Gasteiger partial charge in [-0.2, -0.15) is 0 Å². The molecule has 9 heteroatoms. The summed E-state index contributed by atoms with van der Waals surface area (Å²) < 4.78 is 23.2. The van der Waals surface area contributed by atoms with Crippen LogP contribution in [0.2, 0.25) is 0 Å². The fourth-order valence-electron chi connectivity index (χ4n) is 1.97. The first-order valence-corrected chi connectivity index (χ1v) is 8.02. The Morgan fingerprint density at radius 2 is 2.00 bits per heavy atom. The molecule has 0 aliphatic heterocycles. The number of ether oxygens (including phenoxy) is 1. The molecule has 1 aromatic carbocycles. The number of hydrogen-bond donors (Lipinski definition) is 2. The fourth-order valence-corrected chi connectivity index (χ4v) is 1.97. The molecule has 0 saturated carbocycles. The Morgan fingerprint density at radius 3 is 2.70 bits per heavy atom. The highest BCUT2D eigenvalue weighted by Crippen LogP contribution is 2.21. The number of aromatic nitrogens is 1. The molecule has 8 nitrogen and oxygen atoms in total. The van der Waals surface area contributed by atoms with Gasteiger partial charge < -0.3 is 14.5 Å². The van der Waals surface area contributed by atoms with Gasteiger partial charge in [-0.1, -0.05) is 6.08 Å². The molecule has 0 saturated heterocycles. The summed E-state index contributed by atoms with van der Waals surface area (Å²) in [5.41, 5.74) is 0.657. The van der Waals surface area contributed by atoms with Gasteiger partial charge in [0.1, 0.15) is 5.82 Å². The van der Waals surface area contributed by atoms with Gasteiger partial charge in [-0.3, -0.25) is 14.9 Å². The SMILES string of the molecule is C=CCNC(=O)NC(=O)COC(=O)CCc1ncc(-c2ccc(F)cc2)o1. The molecule has 0 bridgehead atoms. The fraction of sp³-hybridized carbons (Fsp3) is 0.222. The van der Waals surface area contributed by atoms with E-state index in [0.717, 1.165) is 0 Å². The quantitative estimate of drug-likeness (QED) is 0.539. The van der Waals surface area contributed by atoms with Crippen molar-refractivity contribution in [2.45, 2.75) is 12.8 Å². The second-order valence-electron chi connectivity index (χ2n) is 5.33. The molecule has 0 radical (unpaired) electrons. The van der Waals surface area contributed by atoms with E-state index in [1.807, 2.05) is 5.32 Å². The van der Waals surface area contributed by atoms with Crippen LogP contribution in [0.5, 0.6) is 0 Å². The van der Waals surface area contributed by atoms with Gasteiger partial charge in [0.15, 0.2) is 18.3 Å². The van der Waals surface area contributed by atoms with Crippen LogP contribution in [0, 0.1) is 5.82 Å². The van der Waals surface area contributed by atoms with Gasteiger partial charge in [0.2, 0.25) is 0 Å². The van der Waals surface area contributed by atoms with E-state index in [1.165, 1.54) is 24.4 Å². The summed E-state index contributed by atoms with van der Waals surface area (Å²) in [5.74, 6) is -0.996. The topological polar surface area (TPSA) is 111 Å². The van der Waals surface area contributed by atoms with E-state index in [0.29, 0.717) is 17.2 Å². The molecule has 27 heavy (non-hydrogen) atoms. The number of imide groups is 1. The van der Waals surface area contributed by atoms with Crippen LogP contribution in [0.1, 0.15) is 12.3 Å². The number of amides is 3. The number of halogens is 1. The van der Waals surface area contributed by atoms with Gasteiger partial charge in [-0.15, -0.1) is 6.58 Å². The minimum absolute atomic E-state index is 0.0562. The lowest BCUT2D eigenvalue weighted by molar-refractivity contribution is -0.148. The Bertz CT molecular complexity index is 817. The number of urea groups is 1. The minimum Gasteiger partial charge on any atom is -0.456 e. The van der Waals surface area contributed by atoms with Crippen molar-refractivity contribution in [3.8, 4) is 11.3 Å². The maximum atomic E-state index is 12.9. The van der Waals surface area contributed by atoms with Crippen LogP contribution in [-0.2, 0) is 20.7 Å². The molecule has 0 fully saturated rings. The van der Waals surface area contributed by atoms with E-state index < -0.39 is 24.5 Å². The maximum absolute atomic E-state index is 12.9. The highest BCUT2D eigenvalue weighted by atomic mass is 19.1. The molecule has 0 unspecified atom stereocenters. The van der Waals surface area contributed by atoms with E-state index >= 15 is 0 Å². The van der Waals surface area contributed by atoms with Crippen LogP contribution >= 0.6 is 0 Å². The number of carbonyl (C=O) groups is 3. The Balaban J connectivity index is 1.73. The van der Waals surface area contributed by atoms with E-state index in [1.54, 1.807) is 12.1 Å². The average molecular weight is 375 g/mol. The standard InChI is InChI=1S/C18H18FN3O5/c1-2-9-20-18(25)22-15(23)11-26-17(24)8-7-16-21-10-14(27-16)12-3-5-13(19)6-4-12/h2-6,10H,1,7-9,11H2,(H2,20,22,23,25). The Morgan fingerprint density at radius 1 is 1.26 bits per heavy atom. The van der Waals surface area contributed by atoms with Crippen LogP contribution in [0.4, 0.5) is 9.18 Å². The summed E-state index contributed by atoms with van der Waals surface area (Å²) in [4.78, 5) is 38.4. The largest absolute Gasteiger partial charge is 0.456 e. The zero-order valence-electron chi connectivity index (χ0n) is 14.4. The zero-order chi connectivity index (χ0) is 19.6. The summed E-state index contributed by atoms with van der Waals surface area (Å²) >= 11 is 0. The van der Waals surface area contributed by atoms with Gasteiger partial charge in [-0.25, -0.2) is 14.2 Å². The van der Waals surface area contributed by atoms with E-state index in [2.05, 4.69) is 16.9 Å². The lowest BCUT2D eigenvalue weighted by Crippen LogP contribution is -2.41. The third kappa shape index (κ3) is 6.73. The summed E-state index contributed by atoms with van der Waals surface area (Å²) in [5, 5.41) is 4.34. The highest BCUT2D eigenvalue weighted by Gasteiger charge is 2.13. The smallest absolute Gasteiger partial charge is 0.321 e. The Hall–Kier alpha value is -3.49. The van der Waals surface area contributed by atoms with E-state index in [4.69, 9.17) is 9.15 Å². The van der Waals surface area contributed by atoms with Crippen molar-refractivity contribution < 1.29 is 27.9 Å². The average Bonchev–Trinajstić information content (AvgIpc) is 3.12. The van der Waals surface area contributed by atoms with Gasteiger partial charge in [0, 0.05) is 18.5 Å². The molecule has 2 N–H and O–H groups in total. The van der Waals surface area contributed by atoms with Gasteiger partial charge >= 0.3 is 12.0 Å². The molecule has 3 amide bonds. The molecular formula is C18H18FN3O5. The van der Waals surface area contributed by atoms with Crippen molar-refractivity contribution in [1.82, 2.24) is 15.6 Å². The van der Waals surface area contributed by atoms with Crippen molar-refractivity contribution in [3.05, 3.63) is 54.8 Å². The number of esters is 1. The molecule has 1 heterocycles. The van der Waals surface area contributed by atoms with Crippen LogP contribution in [0.25, 0.3) is 11.3 Å². The molecule has 2 aromatic rings. The molecule has 0 atom stereocenters. The predicted octanol–water partition coefficient (Wildman–Crippen LogP) is 1.97. The first kappa shape index (κ1) is 19.8. The van der Waals surface area contributed by atoms with Crippen molar-refractivity contribution in [1.29, 1.82) is 0 Å². The Kier molecular flexibility index (Phi) is 7.24.